The summed E-state index contributed by atoms with van der Waals surface area (Å²) in [6.45, 7) is 4.33. The Hall–Kier alpha value is -3.28. The standard InChI is InChI=1S/C25H29NO5/c1-4-30-21-11-9-20(10-12-21)26-24(27)16-31-22-13-8-18(15-23(22)29-3)14-19-7-5-6-17(2)25(19)28/h8-15,17H,4-7,16H2,1-3H3,(H,26,27)/b19-14+/t17-/m1/s1. The second-order valence-corrected chi connectivity index (χ2v) is 7.53. The lowest BCUT2D eigenvalue weighted by molar-refractivity contribution is -0.120. The summed E-state index contributed by atoms with van der Waals surface area (Å²) < 4.78 is 16.5. The average molecular weight is 424 g/mol. The van der Waals surface area contributed by atoms with Gasteiger partial charge in [-0.3, -0.25) is 9.59 Å². The molecular formula is C25H29NO5. The Balaban J connectivity index is 1.61. The Morgan fingerprint density at radius 2 is 1.90 bits per heavy atom. The molecule has 1 aliphatic carbocycles. The highest BCUT2D eigenvalue weighted by Gasteiger charge is 2.22. The molecule has 1 N–H and O–H groups in total. The van der Waals surface area contributed by atoms with Crippen molar-refractivity contribution in [1.29, 1.82) is 0 Å². The highest BCUT2D eigenvalue weighted by Crippen LogP contribution is 2.31. The molecule has 3 rings (SSSR count). The summed E-state index contributed by atoms with van der Waals surface area (Å²) in [7, 11) is 1.55. The van der Waals surface area contributed by atoms with E-state index in [0.29, 0.717) is 23.8 Å². The number of benzene rings is 2. The fourth-order valence-corrected chi connectivity index (χ4v) is 3.55. The molecule has 0 aliphatic heterocycles. The van der Waals surface area contributed by atoms with Crippen molar-refractivity contribution < 1.29 is 23.8 Å². The number of ketones is 1. The molecular weight excluding hydrogens is 394 g/mol. The zero-order chi connectivity index (χ0) is 22.2. The number of Topliss-reactive ketones (excluding diaryl/α,β-unsaturated/α-hetero) is 1. The summed E-state index contributed by atoms with van der Waals surface area (Å²) in [5.74, 6) is 1.75. The third-order valence-corrected chi connectivity index (χ3v) is 5.18. The number of ether oxygens (including phenoxy) is 3. The Morgan fingerprint density at radius 1 is 1.13 bits per heavy atom. The third kappa shape index (κ3) is 6.10. The van der Waals surface area contributed by atoms with Gasteiger partial charge < -0.3 is 19.5 Å². The highest BCUT2D eigenvalue weighted by atomic mass is 16.5. The van der Waals surface area contributed by atoms with Gasteiger partial charge in [0.15, 0.2) is 23.9 Å². The van der Waals surface area contributed by atoms with Gasteiger partial charge in [0.2, 0.25) is 0 Å². The number of hydrogen-bond acceptors (Lipinski definition) is 5. The molecule has 1 atom stereocenters. The van der Waals surface area contributed by atoms with E-state index in [4.69, 9.17) is 14.2 Å². The molecule has 6 nitrogen and oxygen atoms in total. The van der Waals surface area contributed by atoms with Crippen molar-refractivity contribution in [2.24, 2.45) is 5.92 Å². The third-order valence-electron chi connectivity index (χ3n) is 5.18. The van der Waals surface area contributed by atoms with E-state index < -0.39 is 0 Å². The molecule has 1 saturated carbocycles. The van der Waals surface area contributed by atoms with Gasteiger partial charge in [0.05, 0.1) is 13.7 Å². The van der Waals surface area contributed by atoms with Gasteiger partial charge in [-0.25, -0.2) is 0 Å². The smallest absolute Gasteiger partial charge is 0.262 e. The topological polar surface area (TPSA) is 73.9 Å². The molecule has 0 heterocycles. The number of methoxy groups -OCH3 is 1. The van der Waals surface area contributed by atoms with Gasteiger partial charge in [-0.2, -0.15) is 0 Å². The first kappa shape index (κ1) is 22.4. The van der Waals surface area contributed by atoms with Crippen molar-refractivity contribution in [1.82, 2.24) is 0 Å². The van der Waals surface area contributed by atoms with E-state index >= 15 is 0 Å². The normalized spacial score (nSPS) is 17.3. The minimum absolute atomic E-state index is 0.0818. The monoisotopic (exact) mass is 423 g/mol. The lowest BCUT2D eigenvalue weighted by Gasteiger charge is -2.19. The van der Waals surface area contributed by atoms with E-state index in [1.54, 1.807) is 37.4 Å². The van der Waals surface area contributed by atoms with Crippen LogP contribution in [0.5, 0.6) is 17.2 Å². The van der Waals surface area contributed by atoms with Crippen molar-refractivity contribution in [3.63, 3.8) is 0 Å². The van der Waals surface area contributed by atoms with Gasteiger partial charge in [-0.05, 0) is 79.8 Å². The number of hydrogen-bond donors (Lipinski definition) is 1. The predicted octanol–water partition coefficient (Wildman–Crippen LogP) is 4.88. The number of allylic oxidation sites excluding steroid dienone is 1. The van der Waals surface area contributed by atoms with E-state index in [9.17, 15) is 9.59 Å². The van der Waals surface area contributed by atoms with Crippen LogP contribution in [-0.2, 0) is 9.59 Å². The fourth-order valence-electron chi connectivity index (χ4n) is 3.55. The lowest BCUT2D eigenvalue weighted by atomic mass is 9.84. The summed E-state index contributed by atoms with van der Waals surface area (Å²) >= 11 is 0. The zero-order valence-corrected chi connectivity index (χ0v) is 18.3. The Labute approximate surface area is 183 Å². The van der Waals surface area contributed by atoms with Crippen molar-refractivity contribution in [2.75, 3.05) is 25.6 Å². The summed E-state index contributed by atoms with van der Waals surface area (Å²) in [4.78, 5) is 24.6. The van der Waals surface area contributed by atoms with Gasteiger partial charge in [-0.1, -0.05) is 13.0 Å². The summed E-state index contributed by atoms with van der Waals surface area (Å²) in [6.07, 6.45) is 4.70. The molecule has 31 heavy (non-hydrogen) atoms. The van der Waals surface area contributed by atoms with Crippen LogP contribution in [0.25, 0.3) is 6.08 Å². The van der Waals surface area contributed by atoms with Gasteiger partial charge in [-0.15, -0.1) is 0 Å². The minimum Gasteiger partial charge on any atom is -0.494 e. The van der Waals surface area contributed by atoms with Crippen LogP contribution in [0.15, 0.2) is 48.0 Å². The maximum atomic E-state index is 12.4. The second-order valence-electron chi connectivity index (χ2n) is 7.53. The molecule has 0 unspecified atom stereocenters. The molecule has 0 bridgehead atoms. The Kier molecular flexibility index (Phi) is 7.70. The van der Waals surface area contributed by atoms with Crippen LogP contribution < -0.4 is 19.5 Å². The molecule has 164 valence electrons. The Bertz CT molecular complexity index is 949. The summed E-state index contributed by atoms with van der Waals surface area (Å²) in [6, 6.07) is 12.6. The second kappa shape index (κ2) is 10.7. The van der Waals surface area contributed by atoms with Crippen LogP contribution >= 0.6 is 0 Å². The van der Waals surface area contributed by atoms with Crippen LogP contribution in [0.2, 0.25) is 0 Å². The number of carbonyl (C=O) groups is 2. The molecule has 0 saturated heterocycles. The lowest BCUT2D eigenvalue weighted by Crippen LogP contribution is -2.20. The van der Waals surface area contributed by atoms with Crippen molar-refractivity contribution in [3.05, 3.63) is 53.6 Å². The van der Waals surface area contributed by atoms with Crippen LogP contribution in [-0.4, -0.2) is 32.0 Å². The van der Waals surface area contributed by atoms with Crippen LogP contribution in [0, 0.1) is 5.92 Å². The summed E-state index contributed by atoms with van der Waals surface area (Å²) in [5.41, 5.74) is 2.39. The van der Waals surface area contributed by atoms with Crippen molar-refractivity contribution in [2.45, 2.75) is 33.1 Å². The minimum atomic E-state index is -0.279. The number of amides is 1. The molecule has 1 fully saturated rings. The largest absolute Gasteiger partial charge is 0.494 e. The SMILES string of the molecule is CCOc1ccc(NC(=O)COc2ccc(/C=C3\CCC[C@@H](C)C3=O)cc2OC)cc1. The van der Waals surface area contributed by atoms with Gasteiger partial charge in [0, 0.05) is 11.6 Å². The molecule has 0 aromatic heterocycles. The maximum absolute atomic E-state index is 12.4. The Morgan fingerprint density at radius 3 is 2.61 bits per heavy atom. The molecule has 6 heteroatoms. The van der Waals surface area contributed by atoms with Gasteiger partial charge in [0.25, 0.3) is 5.91 Å². The highest BCUT2D eigenvalue weighted by molar-refractivity contribution is 6.01. The number of anilines is 1. The number of nitrogens with one attached hydrogen (secondary N) is 1. The molecule has 2 aromatic rings. The molecule has 2 aromatic carbocycles. The average Bonchev–Trinajstić information content (AvgIpc) is 2.77. The predicted molar refractivity (Wildman–Crippen MR) is 121 cm³/mol. The van der Waals surface area contributed by atoms with E-state index in [2.05, 4.69) is 5.32 Å². The zero-order valence-electron chi connectivity index (χ0n) is 18.3. The molecule has 1 aliphatic rings. The first-order valence-corrected chi connectivity index (χ1v) is 10.6. The van der Waals surface area contributed by atoms with E-state index in [-0.39, 0.29) is 24.2 Å². The van der Waals surface area contributed by atoms with Crippen LogP contribution in [0.1, 0.15) is 38.7 Å². The molecule has 1 amide bonds. The van der Waals surface area contributed by atoms with E-state index in [0.717, 1.165) is 36.1 Å². The van der Waals surface area contributed by atoms with Gasteiger partial charge in [0.1, 0.15) is 5.75 Å². The number of rotatable bonds is 8. The summed E-state index contributed by atoms with van der Waals surface area (Å²) in [5, 5.41) is 2.79. The van der Waals surface area contributed by atoms with E-state index in [1.165, 1.54) is 0 Å². The quantitative estimate of drug-likeness (QED) is 0.613. The van der Waals surface area contributed by atoms with E-state index in [1.807, 2.05) is 32.1 Å². The van der Waals surface area contributed by atoms with Crippen LogP contribution in [0.3, 0.4) is 0 Å². The van der Waals surface area contributed by atoms with Crippen molar-refractivity contribution in [3.8, 4) is 17.2 Å². The first-order valence-electron chi connectivity index (χ1n) is 10.6. The number of carbonyl (C=O) groups excluding carboxylic acids is 2. The molecule has 0 spiro atoms. The molecule has 0 radical (unpaired) electrons. The first-order chi connectivity index (χ1) is 15.0. The maximum Gasteiger partial charge on any atom is 0.262 e. The van der Waals surface area contributed by atoms with Crippen LogP contribution in [0.4, 0.5) is 5.69 Å². The van der Waals surface area contributed by atoms with Gasteiger partial charge >= 0.3 is 0 Å². The fraction of sp³-hybridized carbons (Fsp3) is 0.360. The van der Waals surface area contributed by atoms with Crippen molar-refractivity contribution >= 4 is 23.5 Å².